The zero-order valence-corrected chi connectivity index (χ0v) is 14.0. The maximum atomic E-state index is 12.7. The SMILES string of the molecule is COc1ccc(C)cc1NC(=O)N(CCCO)Cc1cccnc1. The molecular weight excluding hydrogens is 306 g/mol. The highest BCUT2D eigenvalue weighted by molar-refractivity contribution is 5.91. The minimum atomic E-state index is -0.240. The van der Waals surface area contributed by atoms with E-state index in [2.05, 4.69) is 10.3 Å². The Morgan fingerprint density at radius 3 is 2.88 bits per heavy atom. The second kappa shape index (κ2) is 8.88. The number of hydrogen-bond donors (Lipinski definition) is 2. The van der Waals surface area contributed by atoms with Gasteiger partial charge in [-0.2, -0.15) is 0 Å². The Morgan fingerprint density at radius 1 is 1.38 bits per heavy atom. The van der Waals surface area contributed by atoms with E-state index >= 15 is 0 Å². The molecule has 0 aliphatic rings. The molecular formula is C18H23N3O3. The van der Waals surface area contributed by atoms with Crippen molar-refractivity contribution in [3.8, 4) is 5.75 Å². The van der Waals surface area contributed by atoms with E-state index in [4.69, 9.17) is 9.84 Å². The number of urea groups is 1. The van der Waals surface area contributed by atoms with Crippen molar-refractivity contribution in [1.82, 2.24) is 9.88 Å². The van der Waals surface area contributed by atoms with Crippen LogP contribution in [0.2, 0.25) is 0 Å². The third-order valence-corrected chi connectivity index (χ3v) is 3.57. The Morgan fingerprint density at radius 2 is 2.21 bits per heavy atom. The number of aliphatic hydroxyl groups is 1. The van der Waals surface area contributed by atoms with Gasteiger partial charge in [-0.15, -0.1) is 0 Å². The number of rotatable bonds is 7. The number of ether oxygens (including phenoxy) is 1. The van der Waals surface area contributed by atoms with Crippen molar-refractivity contribution in [2.45, 2.75) is 19.9 Å². The normalized spacial score (nSPS) is 10.3. The predicted octanol–water partition coefficient (Wildman–Crippen LogP) is 2.82. The summed E-state index contributed by atoms with van der Waals surface area (Å²) < 4.78 is 5.30. The van der Waals surface area contributed by atoms with Gasteiger partial charge < -0.3 is 20.1 Å². The summed E-state index contributed by atoms with van der Waals surface area (Å²) in [5.41, 5.74) is 2.59. The molecule has 6 heteroatoms. The smallest absolute Gasteiger partial charge is 0.322 e. The Kier molecular flexibility index (Phi) is 6.57. The van der Waals surface area contributed by atoms with Gasteiger partial charge in [0.25, 0.3) is 0 Å². The van der Waals surface area contributed by atoms with Gasteiger partial charge in [0, 0.05) is 32.1 Å². The summed E-state index contributed by atoms with van der Waals surface area (Å²) in [6.45, 7) is 2.86. The molecule has 2 amide bonds. The van der Waals surface area contributed by atoms with Gasteiger partial charge in [-0.1, -0.05) is 12.1 Å². The lowest BCUT2D eigenvalue weighted by Gasteiger charge is -2.23. The molecule has 128 valence electrons. The average Bonchev–Trinajstić information content (AvgIpc) is 2.59. The van der Waals surface area contributed by atoms with Crippen LogP contribution in [0, 0.1) is 6.92 Å². The van der Waals surface area contributed by atoms with E-state index < -0.39 is 0 Å². The number of methoxy groups -OCH3 is 1. The number of benzene rings is 1. The maximum absolute atomic E-state index is 12.7. The number of carbonyl (C=O) groups is 1. The minimum absolute atomic E-state index is 0.0323. The van der Waals surface area contributed by atoms with Crippen LogP contribution in [0.4, 0.5) is 10.5 Å². The number of amides is 2. The lowest BCUT2D eigenvalue weighted by molar-refractivity contribution is 0.199. The van der Waals surface area contributed by atoms with Crippen LogP contribution < -0.4 is 10.1 Å². The Bertz CT molecular complexity index is 662. The number of nitrogens with zero attached hydrogens (tertiary/aromatic N) is 2. The fourth-order valence-electron chi connectivity index (χ4n) is 2.34. The molecule has 2 N–H and O–H groups in total. The van der Waals surface area contributed by atoms with Crippen molar-refractivity contribution in [3.63, 3.8) is 0 Å². The number of anilines is 1. The van der Waals surface area contributed by atoms with Gasteiger partial charge >= 0.3 is 6.03 Å². The average molecular weight is 329 g/mol. The van der Waals surface area contributed by atoms with Crippen LogP contribution in [0.25, 0.3) is 0 Å². The van der Waals surface area contributed by atoms with Crippen molar-refractivity contribution in [2.24, 2.45) is 0 Å². The molecule has 0 aliphatic carbocycles. The second-order valence-electron chi connectivity index (χ2n) is 5.49. The van der Waals surface area contributed by atoms with E-state index in [-0.39, 0.29) is 12.6 Å². The van der Waals surface area contributed by atoms with Crippen molar-refractivity contribution >= 4 is 11.7 Å². The van der Waals surface area contributed by atoms with E-state index in [1.807, 2.05) is 37.3 Å². The van der Waals surface area contributed by atoms with Crippen LogP contribution in [0.15, 0.2) is 42.7 Å². The topological polar surface area (TPSA) is 74.7 Å². The Labute approximate surface area is 142 Å². The third kappa shape index (κ3) is 4.96. The minimum Gasteiger partial charge on any atom is -0.495 e. The second-order valence-corrected chi connectivity index (χ2v) is 5.49. The van der Waals surface area contributed by atoms with E-state index in [1.54, 1.807) is 24.4 Å². The van der Waals surface area contributed by atoms with Crippen LogP contribution >= 0.6 is 0 Å². The zero-order chi connectivity index (χ0) is 17.4. The van der Waals surface area contributed by atoms with Gasteiger partial charge in [-0.05, 0) is 42.7 Å². The summed E-state index contributed by atoms with van der Waals surface area (Å²) in [6, 6.07) is 9.12. The van der Waals surface area contributed by atoms with Gasteiger partial charge in [0.15, 0.2) is 0 Å². The van der Waals surface area contributed by atoms with Crippen LogP contribution in [0.5, 0.6) is 5.75 Å². The molecule has 0 bridgehead atoms. The maximum Gasteiger partial charge on any atom is 0.322 e. The van der Waals surface area contributed by atoms with Crippen molar-refractivity contribution in [1.29, 1.82) is 0 Å². The number of pyridine rings is 1. The Hall–Kier alpha value is -2.60. The molecule has 0 saturated carbocycles. The molecule has 0 atom stereocenters. The highest BCUT2D eigenvalue weighted by atomic mass is 16.5. The molecule has 0 spiro atoms. The zero-order valence-electron chi connectivity index (χ0n) is 14.0. The lowest BCUT2D eigenvalue weighted by atomic mass is 10.2. The molecule has 1 aromatic carbocycles. The van der Waals surface area contributed by atoms with Gasteiger partial charge in [0.1, 0.15) is 5.75 Å². The first kappa shape index (κ1) is 17.7. The number of aliphatic hydroxyl groups excluding tert-OH is 1. The first-order chi connectivity index (χ1) is 11.6. The number of aryl methyl sites for hydroxylation is 1. The van der Waals surface area contributed by atoms with Gasteiger partial charge in [0.05, 0.1) is 12.8 Å². The summed E-state index contributed by atoms with van der Waals surface area (Å²) >= 11 is 0. The van der Waals surface area contributed by atoms with Crippen LogP contribution in [-0.2, 0) is 6.54 Å². The predicted molar refractivity (Wildman–Crippen MR) is 93.1 cm³/mol. The summed E-state index contributed by atoms with van der Waals surface area (Å²) in [4.78, 5) is 18.4. The fourth-order valence-corrected chi connectivity index (χ4v) is 2.34. The fraction of sp³-hybridized carbons (Fsp3) is 0.333. The number of hydrogen-bond acceptors (Lipinski definition) is 4. The summed E-state index contributed by atoms with van der Waals surface area (Å²) in [6.07, 6.45) is 3.93. The van der Waals surface area contributed by atoms with Gasteiger partial charge in [0.2, 0.25) is 0 Å². The molecule has 6 nitrogen and oxygen atoms in total. The first-order valence-corrected chi connectivity index (χ1v) is 7.84. The monoisotopic (exact) mass is 329 g/mol. The molecule has 2 rings (SSSR count). The van der Waals surface area contributed by atoms with Crippen molar-refractivity contribution < 1.29 is 14.6 Å². The molecule has 24 heavy (non-hydrogen) atoms. The highest BCUT2D eigenvalue weighted by Gasteiger charge is 2.16. The summed E-state index contributed by atoms with van der Waals surface area (Å²) in [5.74, 6) is 0.609. The molecule has 0 aliphatic heterocycles. The largest absolute Gasteiger partial charge is 0.495 e. The highest BCUT2D eigenvalue weighted by Crippen LogP contribution is 2.25. The van der Waals surface area contributed by atoms with E-state index in [0.29, 0.717) is 30.9 Å². The molecule has 0 unspecified atom stereocenters. The number of carbonyl (C=O) groups excluding carboxylic acids is 1. The van der Waals surface area contributed by atoms with Crippen molar-refractivity contribution in [2.75, 3.05) is 25.6 Å². The van der Waals surface area contributed by atoms with Crippen molar-refractivity contribution in [3.05, 3.63) is 53.9 Å². The summed E-state index contributed by atoms with van der Waals surface area (Å²) in [7, 11) is 1.57. The van der Waals surface area contributed by atoms with Crippen LogP contribution in [0.1, 0.15) is 17.5 Å². The van der Waals surface area contributed by atoms with Crippen LogP contribution in [0.3, 0.4) is 0 Å². The van der Waals surface area contributed by atoms with E-state index in [0.717, 1.165) is 11.1 Å². The molecule has 0 fully saturated rings. The Balaban J connectivity index is 2.14. The van der Waals surface area contributed by atoms with E-state index in [9.17, 15) is 4.79 Å². The quantitative estimate of drug-likeness (QED) is 0.819. The van der Waals surface area contributed by atoms with E-state index in [1.165, 1.54) is 0 Å². The number of aromatic nitrogens is 1. The lowest BCUT2D eigenvalue weighted by Crippen LogP contribution is -2.35. The third-order valence-electron chi connectivity index (χ3n) is 3.57. The molecule has 2 aromatic rings. The van der Waals surface area contributed by atoms with Crippen LogP contribution in [-0.4, -0.2) is 41.3 Å². The summed E-state index contributed by atoms with van der Waals surface area (Å²) in [5, 5.41) is 12.0. The molecule has 1 aromatic heterocycles. The molecule has 0 radical (unpaired) electrons. The van der Waals surface area contributed by atoms with Gasteiger partial charge in [-0.25, -0.2) is 4.79 Å². The number of nitrogens with one attached hydrogen (secondary N) is 1. The first-order valence-electron chi connectivity index (χ1n) is 7.84. The standard InChI is InChI=1S/C18H23N3O3/c1-14-6-7-17(24-2)16(11-14)20-18(23)21(9-4-10-22)13-15-5-3-8-19-12-15/h3,5-8,11-12,22H,4,9-10,13H2,1-2H3,(H,20,23). The molecule has 1 heterocycles. The molecule has 0 saturated heterocycles. The van der Waals surface area contributed by atoms with Gasteiger partial charge in [-0.3, -0.25) is 4.98 Å².